The Labute approximate surface area is 179 Å². The number of benzene rings is 1. The second-order valence-electron chi connectivity index (χ2n) is 7.84. The molecule has 4 aromatic rings. The molecule has 9 heteroatoms. The Hall–Kier alpha value is -3.30. The van der Waals surface area contributed by atoms with Crippen molar-refractivity contribution in [3.05, 3.63) is 52.3 Å². The summed E-state index contributed by atoms with van der Waals surface area (Å²) in [4.78, 5) is 34.6. The molecule has 31 heavy (non-hydrogen) atoms. The Morgan fingerprint density at radius 3 is 2.45 bits per heavy atom. The SMILES string of the molecule is Cc1nc(-c2ccc(-c3cnc4[nH]c(=O)n(CCN5CCOCC5)c4n3)cc2)[nH]c1C. The van der Waals surface area contributed by atoms with E-state index in [2.05, 4.69) is 24.8 Å². The summed E-state index contributed by atoms with van der Waals surface area (Å²) in [6.07, 6.45) is 1.70. The molecule has 1 aliphatic rings. The summed E-state index contributed by atoms with van der Waals surface area (Å²) in [5, 5.41) is 0. The third-order valence-corrected chi connectivity index (χ3v) is 5.81. The van der Waals surface area contributed by atoms with Gasteiger partial charge >= 0.3 is 5.69 Å². The molecule has 1 aromatic carbocycles. The lowest BCUT2D eigenvalue weighted by molar-refractivity contribution is 0.0364. The summed E-state index contributed by atoms with van der Waals surface area (Å²) < 4.78 is 7.07. The summed E-state index contributed by atoms with van der Waals surface area (Å²) in [7, 11) is 0. The van der Waals surface area contributed by atoms with E-state index in [1.165, 1.54) is 0 Å². The number of hydrogen-bond donors (Lipinski definition) is 2. The van der Waals surface area contributed by atoms with E-state index in [-0.39, 0.29) is 5.69 Å². The van der Waals surface area contributed by atoms with Gasteiger partial charge < -0.3 is 9.72 Å². The van der Waals surface area contributed by atoms with Crippen LogP contribution in [-0.2, 0) is 11.3 Å². The van der Waals surface area contributed by atoms with E-state index >= 15 is 0 Å². The highest BCUT2D eigenvalue weighted by molar-refractivity contribution is 5.72. The van der Waals surface area contributed by atoms with Crippen molar-refractivity contribution in [2.24, 2.45) is 0 Å². The number of rotatable bonds is 5. The highest BCUT2D eigenvalue weighted by atomic mass is 16.5. The van der Waals surface area contributed by atoms with Crippen molar-refractivity contribution in [2.75, 3.05) is 32.8 Å². The Morgan fingerprint density at radius 1 is 1.00 bits per heavy atom. The van der Waals surface area contributed by atoms with E-state index in [0.29, 0.717) is 17.8 Å². The van der Waals surface area contributed by atoms with Crippen LogP contribution in [0.5, 0.6) is 0 Å². The zero-order valence-electron chi connectivity index (χ0n) is 17.7. The molecular formula is C22H25N7O2. The number of aromatic nitrogens is 6. The maximum Gasteiger partial charge on any atom is 0.328 e. The van der Waals surface area contributed by atoms with Crippen molar-refractivity contribution in [3.63, 3.8) is 0 Å². The van der Waals surface area contributed by atoms with Crippen LogP contribution in [0.1, 0.15) is 11.4 Å². The minimum atomic E-state index is -0.181. The summed E-state index contributed by atoms with van der Waals surface area (Å²) in [5.41, 5.74) is 5.65. The zero-order valence-corrected chi connectivity index (χ0v) is 17.7. The number of hydrogen-bond acceptors (Lipinski definition) is 6. The first-order valence-electron chi connectivity index (χ1n) is 10.5. The van der Waals surface area contributed by atoms with Gasteiger partial charge in [-0.1, -0.05) is 24.3 Å². The molecule has 0 bridgehead atoms. The highest BCUT2D eigenvalue weighted by Crippen LogP contribution is 2.23. The molecule has 2 N–H and O–H groups in total. The number of fused-ring (bicyclic) bond motifs is 1. The minimum absolute atomic E-state index is 0.181. The fourth-order valence-electron chi connectivity index (χ4n) is 3.82. The zero-order chi connectivity index (χ0) is 21.4. The monoisotopic (exact) mass is 419 g/mol. The smallest absolute Gasteiger partial charge is 0.328 e. The van der Waals surface area contributed by atoms with Crippen molar-refractivity contribution >= 4 is 11.3 Å². The van der Waals surface area contributed by atoms with E-state index in [1.807, 2.05) is 38.1 Å². The number of H-pyrrole nitrogens is 2. The molecule has 0 radical (unpaired) electrons. The molecule has 3 aromatic heterocycles. The molecule has 1 fully saturated rings. The van der Waals surface area contributed by atoms with Crippen molar-refractivity contribution in [2.45, 2.75) is 20.4 Å². The number of aryl methyl sites for hydroxylation is 2. The van der Waals surface area contributed by atoms with E-state index in [4.69, 9.17) is 9.72 Å². The summed E-state index contributed by atoms with van der Waals surface area (Å²) in [6, 6.07) is 8.03. The van der Waals surface area contributed by atoms with Gasteiger partial charge in [0, 0.05) is 43.0 Å². The van der Waals surface area contributed by atoms with Crippen molar-refractivity contribution in [3.8, 4) is 22.6 Å². The van der Waals surface area contributed by atoms with Crippen LogP contribution in [0.15, 0.2) is 35.3 Å². The molecule has 5 rings (SSSR count). The standard InChI is InChI=1S/C22H25N7O2/c1-14-15(2)25-19(24-14)17-5-3-16(4-6-17)18-13-23-20-21(26-18)29(22(30)27-20)8-7-28-9-11-31-12-10-28/h3-6,13H,7-12H2,1-2H3,(H,24,25)(H,23,27,30). The summed E-state index contributed by atoms with van der Waals surface area (Å²) in [6.45, 7) is 8.58. The molecule has 1 aliphatic heterocycles. The molecule has 0 aliphatic carbocycles. The van der Waals surface area contributed by atoms with Crippen LogP contribution in [0, 0.1) is 13.8 Å². The van der Waals surface area contributed by atoms with E-state index in [9.17, 15) is 4.79 Å². The number of imidazole rings is 2. The first-order valence-corrected chi connectivity index (χ1v) is 10.5. The normalized spacial score (nSPS) is 15.0. The van der Waals surface area contributed by atoms with Crippen LogP contribution in [0.25, 0.3) is 33.9 Å². The van der Waals surface area contributed by atoms with Crippen molar-refractivity contribution in [1.82, 2.24) is 34.4 Å². The number of aromatic amines is 2. The lowest BCUT2D eigenvalue weighted by Crippen LogP contribution is -2.39. The lowest BCUT2D eigenvalue weighted by atomic mass is 10.1. The summed E-state index contributed by atoms with van der Waals surface area (Å²) >= 11 is 0. The Balaban J connectivity index is 1.41. The molecule has 0 spiro atoms. The van der Waals surface area contributed by atoms with Crippen LogP contribution in [0.3, 0.4) is 0 Å². The number of nitrogens with one attached hydrogen (secondary N) is 2. The van der Waals surface area contributed by atoms with Crippen molar-refractivity contribution in [1.29, 1.82) is 0 Å². The third-order valence-electron chi connectivity index (χ3n) is 5.81. The lowest BCUT2D eigenvalue weighted by Gasteiger charge is -2.26. The molecule has 0 saturated carbocycles. The van der Waals surface area contributed by atoms with Gasteiger partial charge in [-0.25, -0.2) is 19.7 Å². The van der Waals surface area contributed by atoms with Gasteiger partial charge in [0.25, 0.3) is 0 Å². The first kappa shape index (κ1) is 19.7. The maximum atomic E-state index is 12.5. The van der Waals surface area contributed by atoms with Gasteiger partial charge in [-0.2, -0.15) is 0 Å². The fraction of sp³-hybridized carbons (Fsp3) is 0.364. The number of morpholine rings is 1. The summed E-state index contributed by atoms with van der Waals surface area (Å²) in [5.74, 6) is 0.852. The topological polar surface area (TPSA) is 105 Å². The molecule has 9 nitrogen and oxygen atoms in total. The average Bonchev–Trinajstić information content (AvgIpc) is 3.30. The van der Waals surface area contributed by atoms with Gasteiger partial charge in [0.05, 0.1) is 30.8 Å². The molecule has 0 unspecified atom stereocenters. The second-order valence-corrected chi connectivity index (χ2v) is 7.84. The predicted octanol–water partition coefficient (Wildman–Crippen LogP) is 2.13. The second kappa shape index (κ2) is 8.09. The van der Waals surface area contributed by atoms with Gasteiger partial charge in [-0.3, -0.25) is 14.5 Å². The minimum Gasteiger partial charge on any atom is -0.379 e. The predicted molar refractivity (Wildman–Crippen MR) is 118 cm³/mol. The fourth-order valence-corrected chi connectivity index (χ4v) is 3.82. The van der Waals surface area contributed by atoms with Crippen LogP contribution in [0.4, 0.5) is 0 Å². The van der Waals surface area contributed by atoms with Gasteiger partial charge in [-0.05, 0) is 13.8 Å². The van der Waals surface area contributed by atoms with Crippen LogP contribution >= 0.6 is 0 Å². The third kappa shape index (κ3) is 3.89. The van der Waals surface area contributed by atoms with Gasteiger partial charge in [0.2, 0.25) is 0 Å². The molecule has 0 atom stereocenters. The van der Waals surface area contributed by atoms with E-state index < -0.39 is 0 Å². The average molecular weight is 419 g/mol. The molecular weight excluding hydrogens is 394 g/mol. The Bertz CT molecular complexity index is 1240. The molecule has 0 amide bonds. The maximum absolute atomic E-state index is 12.5. The van der Waals surface area contributed by atoms with Crippen LogP contribution in [-0.4, -0.2) is 67.2 Å². The largest absolute Gasteiger partial charge is 0.379 e. The van der Waals surface area contributed by atoms with Crippen LogP contribution in [0.2, 0.25) is 0 Å². The quantitative estimate of drug-likeness (QED) is 0.513. The number of ether oxygens (including phenoxy) is 1. The Kier molecular flexibility index (Phi) is 5.13. The van der Waals surface area contributed by atoms with E-state index in [1.54, 1.807) is 10.8 Å². The number of nitrogens with zero attached hydrogens (tertiary/aromatic N) is 5. The van der Waals surface area contributed by atoms with Crippen molar-refractivity contribution < 1.29 is 4.74 Å². The first-order chi connectivity index (χ1) is 15.1. The van der Waals surface area contributed by atoms with Gasteiger partial charge in [-0.15, -0.1) is 0 Å². The molecule has 160 valence electrons. The van der Waals surface area contributed by atoms with Gasteiger partial charge in [0.1, 0.15) is 5.82 Å². The molecule has 1 saturated heterocycles. The molecule has 4 heterocycles. The highest BCUT2D eigenvalue weighted by Gasteiger charge is 2.15. The van der Waals surface area contributed by atoms with E-state index in [0.717, 1.165) is 66.9 Å². The Morgan fingerprint density at radius 2 is 1.74 bits per heavy atom. The van der Waals surface area contributed by atoms with Gasteiger partial charge in [0.15, 0.2) is 11.3 Å². The van der Waals surface area contributed by atoms with Crippen LogP contribution < -0.4 is 5.69 Å².